The van der Waals surface area contributed by atoms with Gasteiger partial charge in [0, 0.05) is 35.3 Å². The Bertz CT molecular complexity index is 608. The highest BCUT2D eigenvalue weighted by atomic mass is 35.5. The summed E-state index contributed by atoms with van der Waals surface area (Å²) in [6, 6.07) is 13.6. The molecule has 1 fully saturated rings. The van der Waals surface area contributed by atoms with Crippen LogP contribution in [-0.4, -0.2) is 17.4 Å². The predicted octanol–water partition coefficient (Wildman–Crippen LogP) is 3.39. The van der Waals surface area contributed by atoms with E-state index in [9.17, 15) is 4.79 Å². The van der Waals surface area contributed by atoms with Gasteiger partial charge in [-0.15, -0.1) is 0 Å². The fraction of sp³-hybridized carbons (Fsp3) is 0.294. The fourth-order valence-electron chi connectivity index (χ4n) is 2.36. The standard InChI is InChI=1S/C17H17ClN2O/c18-14-8-6-12(7-9-14)15(16-3-1-2-10-19-16)11-20-17(21)13-4-5-13/h1-3,6-10,13,15H,4-5,11H2,(H,20,21). The van der Waals surface area contributed by atoms with Crippen LogP contribution < -0.4 is 5.32 Å². The van der Waals surface area contributed by atoms with E-state index in [-0.39, 0.29) is 17.7 Å². The van der Waals surface area contributed by atoms with Crippen LogP contribution in [0.15, 0.2) is 48.7 Å². The quantitative estimate of drug-likeness (QED) is 0.919. The maximum Gasteiger partial charge on any atom is 0.223 e. The molecule has 0 radical (unpaired) electrons. The van der Waals surface area contributed by atoms with Crippen molar-refractivity contribution >= 4 is 17.5 Å². The highest BCUT2D eigenvalue weighted by molar-refractivity contribution is 6.30. The SMILES string of the molecule is O=C(NCC(c1ccc(Cl)cc1)c1ccccn1)C1CC1. The molecule has 1 amide bonds. The van der Waals surface area contributed by atoms with Crippen LogP contribution >= 0.6 is 11.6 Å². The van der Waals surface area contributed by atoms with Crippen LogP contribution in [0.5, 0.6) is 0 Å². The van der Waals surface area contributed by atoms with E-state index in [1.54, 1.807) is 6.20 Å². The number of benzene rings is 1. The van der Waals surface area contributed by atoms with Gasteiger partial charge < -0.3 is 5.32 Å². The number of carbonyl (C=O) groups excluding carboxylic acids is 1. The minimum Gasteiger partial charge on any atom is -0.355 e. The first kappa shape index (κ1) is 14.1. The molecular formula is C17H17ClN2O. The molecule has 1 unspecified atom stereocenters. The molecule has 4 heteroatoms. The molecule has 3 rings (SSSR count). The van der Waals surface area contributed by atoms with Crippen molar-refractivity contribution in [1.29, 1.82) is 0 Å². The topological polar surface area (TPSA) is 42.0 Å². The Morgan fingerprint density at radius 1 is 1.24 bits per heavy atom. The average molecular weight is 301 g/mol. The van der Waals surface area contributed by atoms with Crippen molar-refractivity contribution in [1.82, 2.24) is 10.3 Å². The molecule has 0 spiro atoms. The van der Waals surface area contributed by atoms with Crippen molar-refractivity contribution < 1.29 is 4.79 Å². The molecule has 1 saturated carbocycles. The lowest BCUT2D eigenvalue weighted by Crippen LogP contribution is -2.30. The normalized spacial score (nSPS) is 15.5. The van der Waals surface area contributed by atoms with Gasteiger partial charge in [-0.1, -0.05) is 29.8 Å². The fourth-order valence-corrected chi connectivity index (χ4v) is 2.49. The molecule has 1 aliphatic rings. The van der Waals surface area contributed by atoms with Gasteiger partial charge in [-0.05, 0) is 42.7 Å². The van der Waals surface area contributed by atoms with E-state index in [0.29, 0.717) is 11.6 Å². The lowest BCUT2D eigenvalue weighted by molar-refractivity contribution is -0.122. The lowest BCUT2D eigenvalue weighted by atomic mass is 9.95. The first-order valence-corrected chi connectivity index (χ1v) is 7.56. The Labute approximate surface area is 129 Å². The number of rotatable bonds is 5. The van der Waals surface area contributed by atoms with Crippen LogP contribution in [0.25, 0.3) is 0 Å². The van der Waals surface area contributed by atoms with Crippen LogP contribution in [0.4, 0.5) is 0 Å². The highest BCUT2D eigenvalue weighted by Gasteiger charge is 2.30. The van der Waals surface area contributed by atoms with E-state index < -0.39 is 0 Å². The molecule has 21 heavy (non-hydrogen) atoms. The molecule has 0 bridgehead atoms. The maximum absolute atomic E-state index is 11.9. The number of hydrogen-bond donors (Lipinski definition) is 1. The third-order valence-corrected chi connectivity index (χ3v) is 4.00. The second-order valence-corrected chi connectivity index (χ2v) is 5.81. The molecule has 1 N–H and O–H groups in total. The summed E-state index contributed by atoms with van der Waals surface area (Å²) in [4.78, 5) is 16.3. The van der Waals surface area contributed by atoms with E-state index in [0.717, 1.165) is 24.1 Å². The third kappa shape index (κ3) is 3.61. The summed E-state index contributed by atoms with van der Waals surface area (Å²) in [6.07, 6.45) is 3.81. The largest absolute Gasteiger partial charge is 0.355 e. The summed E-state index contributed by atoms with van der Waals surface area (Å²) in [7, 11) is 0. The van der Waals surface area contributed by atoms with Gasteiger partial charge in [0.1, 0.15) is 0 Å². The van der Waals surface area contributed by atoms with E-state index in [1.165, 1.54) is 0 Å². The predicted molar refractivity (Wildman–Crippen MR) is 83.3 cm³/mol. The molecule has 2 aromatic rings. The molecule has 0 saturated heterocycles. The van der Waals surface area contributed by atoms with Gasteiger partial charge in [-0.3, -0.25) is 9.78 Å². The maximum atomic E-state index is 11.9. The van der Waals surface area contributed by atoms with Crippen molar-refractivity contribution in [2.24, 2.45) is 5.92 Å². The van der Waals surface area contributed by atoms with E-state index in [1.807, 2.05) is 42.5 Å². The Hall–Kier alpha value is -1.87. The average Bonchev–Trinajstić information content (AvgIpc) is 3.35. The van der Waals surface area contributed by atoms with Gasteiger partial charge in [0.2, 0.25) is 5.91 Å². The minimum atomic E-state index is 0.0474. The third-order valence-electron chi connectivity index (χ3n) is 3.75. The summed E-state index contributed by atoms with van der Waals surface area (Å²) in [5.41, 5.74) is 2.06. The zero-order valence-electron chi connectivity index (χ0n) is 11.6. The number of pyridine rings is 1. The molecule has 1 aliphatic carbocycles. The summed E-state index contributed by atoms with van der Waals surface area (Å²) in [5.74, 6) is 0.427. The smallest absolute Gasteiger partial charge is 0.223 e. The van der Waals surface area contributed by atoms with E-state index >= 15 is 0 Å². The number of amides is 1. The zero-order valence-corrected chi connectivity index (χ0v) is 12.4. The molecule has 108 valence electrons. The Morgan fingerprint density at radius 3 is 2.62 bits per heavy atom. The Kier molecular flexibility index (Phi) is 4.20. The monoisotopic (exact) mass is 300 g/mol. The second kappa shape index (κ2) is 6.27. The zero-order chi connectivity index (χ0) is 14.7. The van der Waals surface area contributed by atoms with Crippen molar-refractivity contribution in [2.75, 3.05) is 6.54 Å². The van der Waals surface area contributed by atoms with Gasteiger partial charge in [0.25, 0.3) is 0 Å². The van der Waals surface area contributed by atoms with Gasteiger partial charge in [-0.2, -0.15) is 0 Å². The van der Waals surface area contributed by atoms with Gasteiger partial charge >= 0.3 is 0 Å². The first-order valence-electron chi connectivity index (χ1n) is 7.18. The number of nitrogens with one attached hydrogen (secondary N) is 1. The van der Waals surface area contributed by atoms with Gasteiger partial charge in [0.05, 0.1) is 0 Å². The Balaban J connectivity index is 1.80. The molecular weight excluding hydrogens is 284 g/mol. The van der Waals surface area contributed by atoms with Crippen LogP contribution in [0.1, 0.15) is 30.0 Å². The first-order chi connectivity index (χ1) is 10.2. The number of hydrogen-bond acceptors (Lipinski definition) is 2. The van der Waals surface area contributed by atoms with Crippen LogP contribution in [0.2, 0.25) is 5.02 Å². The summed E-state index contributed by atoms with van der Waals surface area (Å²) >= 11 is 5.95. The summed E-state index contributed by atoms with van der Waals surface area (Å²) in [5, 5.41) is 3.75. The number of halogens is 1. The lowest BCUT2D eigenvalue weighted by Gasteiger charge is -2.18. The summed E-state index contributed by atoms with van der Waals surface area (Å²) < 4.78 is 0. The van der Waals surface area contributed by atoms with Crippen molar-refractivity contribution in [3.8, 4) is 0 Å². The summed E-state index contributed by atoms with van der Waals surface area (Å²) in [6.45, 7) is 0.563. The van der Waals surface area contributed by atoms with Crippen LogP contribution in [-0.2, 0) is 4.79 Å². The molecule has 0 aliphatic heterocycles. The molecule has 1 atom stereocenters. The van der Waals surface area contributed by atoms with Gasteiger partial charge in [0.15, 0.2) is 0 Å². The van der Waals surface area contributed by atoms with Crippen LogP contribution in [0, 0.1) is 5.92 Å². The van der Waals surface area contributed by atoms with E-state index in [2.05, 4.69) is 10.3 Å². The van der Waals surface area contributed by atoms with Crippen molar-refractivity contribution in [2.45, 2.75) is 18.8 Å². The number of aromatic nitrogens is 1. The molecule has 1 heterocycles. The van der Waals surface area contributed by atoms with Crippen molar-refractivity contribution in [3.63, 3.8) is 0 Å². The molecule has 1 aromatic heterocycles. The second-order valence-electron chi connectivity index (χ2n) is 5.38. The number of nitrogens with zero attached hydrogens (tertiary/aromatic N) is 1. The van der Waals surface area contributed by atoms with E-state index in [4.69, 9.17) is 11.6 Å². The van der Waals surface area contributed by atoms with Crippen molar-refractivity contribution in [3.05, 3.63) is 64.9 Å². The Morgan fingerprint density at radius 2 is 2.00 bits per heavy atom. The highest BCUT2D eigenvalue weighted by Crippen LogP contribution is 2.29. The molecule has 3 nitrogen and oxygen atoms in total. The van der Waals surface area contributed by atoms with Gasteiger partial charge in [-0.25, -0.2) is 0 Å². The number of carbonyl (C=O) groups is 1. The van der Waals surface area contributed by atoms with Crippen LogP contribution in [0.3, 0.4) is 0 Å². The minimum absolute atomic E-state index is 0.0474. The molecule has 1 aromatic carbocycles.